The minimum absolute atomic E-state index is 0.317. The van der Waals surface area contributed by atoms with E-state index in [0.29, 0.717) is 12.5 Å². The van der Waals surface area contributed by atoms with Gasteiger partial charge in [-0.3, -0.25) is 0 Å². The molecule has 0 aromatic heterocycles. The van der Waals surface area contributed by atoms with Gasteiger partial charge < -0.3 is 10.4 Å². The number of unbranched alkanes of at least 4 members (excludes halogenated alkanes) is 2. The third kappa shape index (κ3) is 8.02. The Bertz CT molecular complexity index is 85.9. The Morgan fingerprint density at radius 3 is 2.67 bits per heavy atom. The molecule has 0 fully saturated rings. The summed E-state index contributed by atoms with van der Waals surface area (Å²) in [5, 5.41) is 12.0. The molecule has 0 saturated carbocycles. The van der Waals surface area contributed by atoms with Gasteiger partial charge in [-0.05, 0) is 31.8 Å². The molecule has 12 heavy (non-hydrogen) atoms. The summed E-state index contributed by atoms with van der Waals surface area (Å²) in [6.07, 6.45) is 4.80. The Labute approximate surface area is 76.4 Å². The molecule has 2 N–H and O–H groups in total. The van der Waals surface area contributed by atoms with Gasteiger partial charge in [-0.15, -0.1) is 0 Å². The summed E-state index contributed by atoms with van der Waals surface area (Å²) in [6.45, 7) is 6.88. The van der Waals surface area contributed by atoms with Crippen LogP contribution in [0.25, 0.3) is 0 Å². The van der Waals surface area contributed by atoms with Crippen LogP contribution in [-0.2, 0) is 0 Å². The fourth-order valence-electron chi connectivity index (χ4n) is 1.17. The largest absolute Gasteiger partial charge is 0.396 e. The quantitative estimate of drug-likeness (QED) is 0.548. The molecule has 0 rings (SSSR count). The summed E-state index contributed by atoms with van der Waals surface area (Å²) in [5.41, 5.74) is 0. The highest BCUT2D eigenvalue weighted by atomic mass is 16.3. The van der Waals surface area contributed by atoms with E-state index >= 15 is 0 Å². The van der Waals surface area contributed by atoms with E-state index in [0.717, 1.165) is 19.5 Å². The maximum atomic E-state index is 8.65. The molecule has 0 spiro atoms. The lowest BCUT2D eigenvalue weighted by molar-refractivity contribution is 0.260. The van der Waals surface area contributed by atoms with Gasteiger partial charge in [0.2, 0.25) is 0 Å². The first-order valence-electron chi connectivity index (χ1n) is 5.12. The highest BCUT2D eigenvalue weighted by Crippen LogP contribution is 1.98. The van der Waals surface area contributed by atoms with Crippen molar-refractivity contribution in [2.24, 2.45) is 5.92 Å². The number of hydrogen-bond acceptors (Lipinski definition) is 2. The van der Waals surface area contributed by atoms with Crippen LogP contribution in [0.5, 0.6) is 0 Å². The maximum absolute atomic E-state index is 8.65. The molecule has 0 heterocycles. The fourth-order valence-corrected chi connectivity index (χ4v) is 1.17. The van der Waals surface area contributed by atoms with Crippen molar-refractivity contribution < 1.29 is 5.11 Å². The number of rotatable bonds is 8. The van der Waals surface area contributed by atoms with Crippen LogP contribution in [0.15, 0.2) is 0 Å². The van der Waals surface area contributed by atoms with E-state index < -0.39 is 0 Å². The zero-order valence-corrected chi connectivity index (χ0v) is 8.47. The third-order valence-electron chi connectivity index (χ3n) is 2.07. The van der Waals surface area contributed by atoms with Gasteiger partial charge in [0.25, 0.3) is 0 Å². The molecule has 2 nitrogen and oxygen atoms in total. The smallest absolute Gasteiger partial charge is 0.0434 e. The van der Waals surface area contributed by atoms with Crippen LogP contribution in [0.2, 0.25) is 0 Å². The lowest BCUT2D eigenvalue weighted by atomic mass is 10.1. The van der Waals surface area contributed by atoms with Crippen molar-refractivity contribution >= 4 is 0 Å². The van der Waals surface area contributed by atoms with E-state index in [1.807, 2.05) is 0 Å². The molecule has 0 aromatic carbocycles. The van der Waals surface area contributed by atoms with Gasteiger partial charge >= 0.3 is 0 Å². The van der Waals surface area contributed by atoms with Crippen LogP contribution >= 0.6 is 0 Å². The summed E-state index contributed by atoms with van der Waals surface area (Å²) < 4.78 is 0. The van der Waals surface area contributed by atoms with Crippen molar-refractivity contribution in [2.45, 2.75) is 39.5 Å². The Morgan fingerprint density at radius 2 is 2.08 bits per heavy atom. The topological polar surface area (TPSA) is 32.3 Å². The van der Waals surface area contributed by atoms with Crippen LogP contribution in [0.1, 0.15) is 39.5 Å². The standard InChI is InChI=1S/C10H23NO/c1-3-4-5-7-11-9-10(2)6-8-12/h10-12H,3-9H2,1-2H3. The Balaban J connectivity index is 2.97. The molecule has 0 amide bonds. The van der Waals surface area contributed by atoms with Gasteiger partial charge in [-0.1, -0.05) is 26.7 Å². The summed E-state index contributed by atoms with van der Waals surface area (Å²) in [4.78, 5) is 0. The molecular weight excluding hydrogens is 150 g/mol. The number of hydrogen-bond donors (Lipinski definition) is 2. The van der Waals surface area contributed by atoms with E-state index in [-0.39, 0.29) is 0 Å². The molecule has 0 aliphatic rings. The van der Waals surface area contributed by atoms with Gasteiger partial charge in [0.05, 0.1) is 0 Å². The fraction of sp³-hybridized carbons (Fsp3) is 1.00. The van der Waals surface area contributed by atoms with Crippen molar-refractivity contribution in [3.05, 3.63) is 0 Å². The van der Waals surface area contributed by atoms with Crippen molar-refractivity contribution in [1.82, 2.24) is 5.32 Å². The summed E-state index contributed by atoms with van der Waals surface area (Å²) in [7, 11) is 0. The van der Waals surface area contributed by atoms with Gasteiger partial charge in [-0.25, -0.2) is 0 Å². The van der Waals surface area contributed by atoms with Crippen LogP contribution in [0.3, 0.4) is 0 Å². The van der Waals surface area contributed by atoms with E-state index in [4.69, 9.17) is 5.11 Å². The van der Waals surface area contributed by atoms with Crippen LogP contribution < -0.4 is 5.32 Å². The highest BCUT2D eigenvalue weighted by Gasteiger charge is 1.98. The van der Waals surface area contributed by atoms with Gasteiger partial charge in [-0.2, -0.15) is 0 Å². The van der Waals surface area contributed by atoms with Crippen molar-refractivity contribution in [1.29, 1.82) is 0 Å². The van der Waals surface area contributed by atoms with Crippen LogP contribution in [0, 0.1) is 5.92 Å². The summed E-state index contributed by atoms with van der Waals surface area (Å²) in [5.74, 6) is 0.608. The molecule has 0 aliphatic heterocycles. The molecule has 0 radical (unpaired) electrons. The van der Waals surface area contributed by atoms with E-state index in [1.54, 1.807) is 0 Å². The monoisotopic (exact) mass is 173 g/mol. The minimum Gasteiger partial charge on any atom is -0.396 e. The van der Waals surface area contributed by atoms with Crippen LogP contribution in [0.4, 0.5) is 0 Å². The van der Waals surface area contributed by atoms with Gasteiger partial charge in [0.15, 0.2) is 0 Å². The molecule has 0 aromatic rings. The van der Waals surface area contributed by atoms with E-state index in [1.165, 1.54) is 19.3 Å². The molecule has 1 atom stereocenters. The lowest BCUT2D eigenvalue weighted by Crippen LogP contribution is -2.22. The minimum atomic E-state index is 0.317. The average Bonchev–Trinajstić information content (AvgIpc) is 2.05. The predicted molar refractivity (Wildman–Crippen MR) is 53.3 cm³/mol. The molecule has 0 aliphatic carbocycles. The summed E-state index contributed by atoms with van der Waals surface area (Å²) in [6, 6.07) is 0. The number of nitrogens with one attached hydrogen (secondary N) is 1. The molecule has 0 bridgehead atoms. The van der Waals surface area contributed by atoms with Crippen molar-refractivity contribution in [3.63, 3.8) is 0 Å². The molecule has 1 unspecified atom stereocenters. The maximum Gasteiger partial charge on any atom is 0.0434 e. The second kappa shape index (κ2) is 9.01. The third-order valence-corrected chi connectivity index (χ3v) is 2.07. The first-order chi connectivity index (χ1) is 5.81. The molecule has 74 valence electrons. The predicted octanol–water partition coefficient (Wildman–Crippen LogP) is 1.78. The first kappa shape index (κ1) is 11.9. The number of aliphatic hydroxyl groups is 1. The lowest BCUT2D eigenvalue weighted by Gasteiger charge is -2.10. The van der Waals surface area contributed by atoms with Crippen molar-refractivity contribution in [3.8, 4) is 0 Å². The van der Waals surface area contributed by atoms with Gasteiger partial charge in [0, 0.05) is 6.61 Å². The Hall–Kier alpha value is -0.0800. The summed E-state index contributed by atoms with van der Waals surface area (Å²) >= 11 is 0. The number of aliphatic hydroxyl groups excluding tert-OH is 1. The van der Waals surface area contributed by atoms with E-state index in [2.05, 4.69) is 19.2 Å². The van der Waals surface area contributed by atoms with E-state index in [9.17, 15) is 0 Å². The zero-order chi connectivity index (χ0) is 9.23. The SMILES string of the molecule is CCCCCNCC(C)CCO. The second-order valence-corrected chi connectivity index (χ2v) is 3.53. The first-order valence-corrected chi connectivity index (χ1v) is 5.12. The van der Waals surface area contributed by atoms with Gasteiger partial charge in [0.1, 0.15) is 0 Å². The molecular formula is C10H23NO. The Kier molecular flexibility index (Phi) is 8.95. The average molecular weight is 173 g/mol. The van der Waals surface area contributed by atoms with Crippen molar-refractivity contribution in [2.75, 3.05) is 19.7 Å². The highest BCUT2D eigenvalue weighted by molar-refractivity contribution is 4.56. The molecule has 2 heteroatoms. The Morgan fingerprint density at radius 1 is 1.33 bits per heavy atom. The van der Waals surface area contributed by atoms with Crippen LogP contribution in [-0.4, -0.2) is 24.8 Å². The second-order valence-electron chi connectivity index (χ2n) is 3.53. The molecule has 0 saturated heterocycles. The normalized spacial score (nSPS) is 13.2. The zero-order valence-electron chi connectivity index (χ0n) is 8.47.